The summed E-state index contributed by atoms with van der Waals surface area (Å²) in [5.41, 5.74) is 0. The quantitative estimate of drug-likeness (QED) is 0.0345. The minimum atomic E-state index is -0.762. The minimum absolute atomic E-state index is 0.0641. The van der Waals surface area contributed by atoms with Gasteiger partial charge >= 0.3 is 17.9 Å². The maximum Gasteiger partial charge on any atom is 0.306 e. The van der Waals surface area contributed by atoms with Crippen LogP contribution in [0.5, 0.6) is 0 Å². The van der Waals surface area contributed by atoms with Gasteiger partial charge in [0.25, 0.3) is 0 Å². The lowest BCUT2D eigenvalue weighted by Crippen LogP contribution is -2.30. The van der Waals surface area contributed by atoms with Crippen LogP contribution in [0.15, 0.2) is 0 Å². The van der Waals surface area contributed by atoms with Crippen LogP contribution in [0.4, 0.5) is 0 Å². The number of unbranched alkanes of at least 4 members (excludes halogenated alkanes) is 32. The zero-order valence-electron chi connectivity index (χ0n) is 41.1. The van der Waals surface area contributed by atoms with Gasteiger partial charge < -0.3 is 14.2 Å². The van der Waals surface area contributed by atoms with E-state index < -0.39 is 6.10 Å². The lowest BCUT2D eigenvalue weighted by atomic mass is 9.99. The number of rotatable bonds is 48. The molecule has 6 nitrogen and oxygen atoms in total. The Kier molecular flexibility index (Phi) is 45.7. The summed E-state index contributed by atoms with van der Waals surface area (Å²) in [6.45, 7) is 11.4. The Balaban J connectivity index is 4.26. The summed E-state index contributed by atoms with van der Waals surface area (Å²) >= 11 is 0. The first-order chi connectivity index (χ1) is 29.3. The highest BCUT2D eigenvalue weighted by Crippen LogP contribution is 2.18. The van der Waals surface area contributed by atoms with Gasteiger partial charge in [-0.1, -0.05) is 259 Å². The number of carbonyl (C=O) groups is 3. The second-order valence-electron chi connectivity index (χ2n) is 19.2. The third-order valence-corrected chi connectivity index (χ3v) is 12.6. The third-order valence-electron chi connectivity index (χ3n) is 12.6. The summed E-state index contributed by atoms with van der Waals surface area (Å²) in [5, 5.41) is 0. The van der Waals surface area contributed by atoms with Crippen LogP contribution < -0.4 is 0 Å². The average molecular weight is 849 g/mol. The molecule has 2 atom stereocenters. The smallest absolute Gasteiger partial charge is 0.306 e. The number of esters is 3. The standard InChI is InChI=1S/C54H104O6/c1-6-8-9-10-11-12-13-14-15-16-17-18-19-20-24-29-34-39-44-52(55)58-47-51(48-59-53(56)45-40-35-31-26-27-32-37-42-49(3)4)60-54(57)46-41-36-30-25-22-21-23-28-33-38-43-50(5)7-2/h49-51H,6-48H2,1-5H3/t50?,51-/m1/s1. The van der Waals surface area contributed by atoms with E-state index in [1.807, 2.05) is 0 Å². The van der Waals surface area contributed by atoms with E-state index in [0.29, 0.717) is 19.3 Å². The summed E-state index contributed by atoms with van der Waals surface area (Å²) in [7, 11) is 0. The minimum Gasteiger partial charge on any atom is -0.462 e. The molecule has 0 N–H and O–H groups in total. The highest BCUT2D eigenvalue weighted by atomic mass is 16.6. The van der Waals surface area contributed by atoms with Crippen molar-refractivity contribution in [2.75, 3.05) is 13.2 Å². The van der Waals surface area contributed by atoms with Crippen LogP contribution in [0.1, 0.15) is 298 Å². The molecule has 0 rings (SSSR count). The predicted molar refractivity (Wildman–Crippen MR) is 256 cm³/mol. The molecule has 0 heterocycles. The predicted octanol–water partition coefficient (Wildman–Crippen LogP) is 17.3. The van der Waals surface area contributed by atoms with Gasteiger partial charge in [-0.25, -0.2) is 0 Å². The van der Waals surface area contributed by atoms with Gasteiger partial charge in [0.05, 0.1) is 0 Å². The number of hydrogen-bond donors (Lipinski definition) is 0. The molecule has 0 spiro atoms. The molecule has 0 saturated heterocycles. The van der Waals surface area contributed by atoms with Gasteiger partial charge in [0.15, 0.2) is 6.10 Å². The molecule has 0 saturated carbocycles. The van der Waals surface area contributed by atoms with Crippen molar-refractivity contribution < 1.29 is 28.6 Å². The molecule has 0 aliphatic rings. The first kappa shape index (κ1) is 58.4. The highest BCUT2D eigenvalue weighted by molar-refractivity contribution is 5.71. The molecule has 0 bridgehead atoms. The van der Waals surface area contributed by atoms with Crippen molar-refractivity contribution >= 4 is 17.9 Å². The molecule has 0 fully saturated rings. The monoisotopic (exact) mass is 849 g/mol. The maximum absolute atomic E-state index is 12.8. The highest BCUT2D eigenvalue weighted by Gasteiger charge is 2.19. The second kappa shape index (κ2) is 46.9. The molecule has 0 aliphatic carbocycles. The Hall–Kier alpha value is -1.59. The van der Waals surface area contributed by atoms with E-state index in [9.17, 15) is 14.4 Å². The topological polar surface area (TPSA) is 78.9 Å². The largest absolute Gasteiger partial charge is 0.462 e. The normalized spacial score (nSPS) is 12.5. The Morgan fingerprint density at radius 1 is 0.350 bits per heavy atom. The molecule has 60 heavy (non-hydrogen) atoms. The summed E-state index contributed by atoms with van der Waals surface area (Å²) in [6.07, 6.45) is 48.1. The molecule has 6 heteroatoms. The van der Waals surface area contributed by atoms with E-state index in [-0.39, 0.29) is 31.1 Å². The Labute approximate surface area is 374 Å². The molecule has 0 aliphatic heterocycles. The van der Waals surface area contributed by atoms with E-state index in [0.717, 1.165) is 69.6 Å². The summed E-state index contributed by atoms with van der Waals surface area (Å²) in [4.78, 5) is 37.9. The van der Waals surface area contributed by atoms with Crippen LogP contribution in [0.3, 0.4) is 0 Å². The fraction of sp³-hybridized carbons (Fsp3) is 0.944. The van der Waals surface area contributed by atoms with Crippen molar-refractivity contribution in [3.05, 3.63) is 0 Å². The fourth-order valence-corrected chi connectivity index (χ4v) is 8.13. The van der Waals surface area contributed by atoms with Crippen molar-refractivity contribution in [2.24, 2.45) is 11.8 Å². The number of ether oxygens (including phenoxy) is 3. The van der Waals surface area contributed by atoms with Gasteiger partial charge in [-0.05, 0) is 31.1 Å². The van der Waals surface area contributed by atoms with Crippen LogP contribution in [0.25, 0.3) is 0 Å². The summed E-state index contributed by atoms with van der Waals surface area (Å²) in [6, 6.07) is 0. The Morgan fingerprint density at radius 2 is 0.633 bits per heavy atom. The van der Waals surface area contributed by atoms with E-state index in [2.05, 4.69) is 34.6 Å². The lowest BCUT2D eigenvalue weighted by molar-refractivity contribution is -0.167. The molecule has 0 aromatic carbocycles. The van der Waals surface area contributed by atoms with Gasteiger partial charge in [0.1, 0.15) is 13.2 Å². The van der Waals surface area contributed by atoms with Gasteiger partial charge in [-0.3, -0.25) is 14.4 Å². The van der Waals surface area contributed by atoms with Crippen LogP contribution in [-0.2, 0) is 28.6 Å². The molecule has 0 amide bonds. The number of hydrogen-bond acceptors (Lipinski definition) is 6. The lowest BCUT2D eigenvalue weighted by Gasteiger charge is -2.18. The fourth-order valence-electron chi connectivity index (χ4n) is 8.13. The number of carbonyl (C=O) groups excluding carboxylic acids is 3. The summed E-state index contributed by atoms with van der Waals surface area (Å²) in [5.74, 6) is 0.799. The first-order valence-corrected chi connectivity index (χ1v) is 26.8. The second-order valence-corrected chi connectivity index (χ2v) is 19.2. The van der Waals surface area contributed by atoms with E-state index in [1.165, 1.54) is 186 Å². The van der Waals surface area contributed by atoms with E-state index >= 15 is 0 Å². The molecular formula is C54H104O6. The SMILES string of the molecule is CCCCCCCCCCCCCCCCCCCCC(=O)OC[C@H](COC(=O)CCCCCCCCCC(C)C)OC(=O)CCCCCCCCCCCCC(C)CC. The maximum atomic E-state index is 12.8. The van der Waals surface area contributed by atoms with Crippen molar-refractivity contribution in [1.29, 1.82) is 0 Å². The molecule has 0 aromatic rings. The first-order valence-electron chi connectivity index (χ1n) is 26.8. The van der Waals surface area contributed by atoms with Crippen molar-refractivity contribution in [2.45, 2.75) is 304 Å². The van der Waals surface area contributed by atoms with Gasteiger partial charge in [-0.15, -0.1) is 0 Å². The van der Waals surface area contributed by atoms with Crippen LogP contribution in [0, 0.1) is 11.8 Å². The Bertz CT molecular complexity index is 918. The van der Waals surface area contributed by atoms with Gasteiger partial charge in [-0.2, -0.15) is 0 Å². The molecule has 356 valence electrons. The van der Waals surface area contributed by atoms with Crippen LogP contribution in [0.2, 0.25) is 0 Å². The van der Waals surface area contributed by atoms with Crippen molar-refractivity contribution in [3.63, 3.8) is 0 Å². The van der Waals surface area contributed by atoms with Gasteiger partial charge in [0, 0.05) is 19.3 Å². The van der Waals surface area contributed by atoms with E-state index in [4.69, 9.17) is 14.2 Å². The third kappa shape index (κ3) is 45.9. The van der Waals surface area contributed by atoms with Crippen molar-refractivity contribution in [3.8, 4) is 0 Å². The molecule has 1 unspecified atom stereocenters. The van der Waals surface area contributed by atoms with Crippen molar-refractivity contribution in [1.82, 2.24) is 0 Å². The molecule has 0 aromatic heterocycles. The van der Waals surface area contributed by atoms with Crippen LogP contribution in [-0.4, -0.2) is 37.2 Å². The van der Waals surface area contributed by atoms with Crippen LogP contribution >= 0.6 is 0 Å². The zero-order chi connectivity index (χ0) is 44.0. The van der Waals surface area contributed by atoms with E-state index in [1.54, 1.807) is 0 Å². The average Bonchev–Trinajstić information content (AvgIpc) is 3.23. The summed E-state index contributed by atoms with van der Waals surface area (Å²) < 4.78 is 16.8. The zero-order valence-corrected chi connectivity index (χ0v) is 41.1. The Morgan fingerprint density at radius 3 is 0.950 bits per heavy atom. The molecule has 0 radical (unpaired) electrons. The molecular weight excluding hydrogens is 745 g/mol. The van der Waals surface area contributed by atoms with Gasteiger partial charge in [0.2, 0.25) is 0 Å².